The van der Waals surface area contributed by atoms with Crippen LogP contribution in [-0.4, -0.2) is 30.6 Å². The van der Waals surface area contributed by atoms with Gasteiger partial charge < -0.3 is 10.2 Å². The van der Waals surface area contributed by atoms with E-state index in [1.807, 2.05) is 0 Å². The van der Waals surface area contributed by atoms with E-state index in [1.54, 1.807) is 0 Å². The van der Waals surface area contributed by atoms with Crippen molar-refractivity contribution in [3.05, 3.63) is 35.4 Å². The lowest BCUT2D eigenvalue weighted by Crippen LogP contribution is -2.45. The highest BCUT2D eigenvalue weighted by atomic mass is 15.1. The van der Waals surface area contributed by atoms with E-state index < -0.39 is 0 Å². The van der Waals surface area contributed by atoms with Crippen LogP contribution in [0.3, 0.4) is 0 Å². The monoisotopic (exact) mass is 288 g/mol. The summed E-state index contributed by atoms with van der Waals surface area (Å²) < 4.78 is 0. The van der Waals surface area contributed by atoms with Crippen molar-refractivity contribution in [1.82, 2.24) is 10.2 Å². The Morgan fingerprint density at radius 2 is 2.05 bits per heavy atom. The first-order valence-electron chi connectivity index (χ1n) is 8.65. The summed E-state index contributed by atoms with van der Waals surface area (Å²) in [5.41, 5.74) is 2.83. The van der Waals surface area contributed by atoms with E-state index in [4.69, 9.17) is 0 Å². The van der Waals surface area contributed by atoms with Gasteiger partial charge in [-0.1, -0.05) is 31.2 Å². The van der Waals surface area contributed by atoms with Gasteiger partial charge in [0.1, 0.15) is 0 Å². The number of piperidine rings is 1. The van der Waals surface area contributed by atoms with Gasteiger partial charge >= 0.3 is 0 Å². The van der Waals surface area contributed by atoms with E-state index in [0.29, 0.717) is 12.1 Å². The normalized spacial score (nSPS) is 23.0. The summed E-state index contributed by atoms with van der Waals surface area (Å²) in [5.74, 6) is 0.789. The van der Waals surface area contributed by atoms with Gasteiger partial charge in [-0.2, -0.15) is 0 Å². The Balaban J connectivity index is 1.91. The standard InChI is InChI=1S/C19H32N2/c1-5-12-21-13-8-10-18(14-21)16(3)20-17(4)19-11-7-6-9-15(19)2/h6-7,9,11,16-18,20H,5,8,10,12-14H2,1-4H3. The lowest BCUT2D eigenvalue weighted by molar-refractivity contribution is 0.147. The average molecular weight is 288 g/mol. The molecule has 1 aliphatic heterocycles. The van der Waals surface area contributed by atoms with Crippen molar-refractivity contribution in [2.75, 3.05) is 19.6 Å². The van der Waals surface area contributed by atoms with Crippen LogP contribution in [0.5, 0.6) is 0 Å². The van der Waals surface area contributed by atoms with Gasteiger partial charge in [0.05, 0.1) is 0 Å². The second kappa shape index (κ2) is 7.95. The molecule has 0 aliphatic carbocycles. The average Bonchev–Trinajstić information content (AvgIpc) is 2.48. The summed E-state index contributed by atoms with van der Waals surface area (Å²) in [5, 5.41) is 3.84. The van der Waals surface area contributed by atoms with Crippen molar-refractivity contribution in [2.45, 2.75) is 59.0 Å². The fraction of sp³-hybridized carbons (Fsp3) is 0.684. The van der Waals surface area contributed by atoms with Crippen LogP contribution in [0.1, 0.15) is 57.2 Å². The van der Waals surface area contributed by atoms with Gasteiger partial charge in [-0.15, -0.1) is 0 Å². The lowest BCUT2D eigenvalue weighted by atomic mass is 9.90. The molecule has 0 bridgehead atoms. The summed E-state index contributed by atoms with van der Waals surface area (Å²) in [6.07, 6.45) is 4.00. The zero-order chi connectivity index (χ0) is 15.2. The van der Waals surface area contributed by atoms with Gasteiger partial charge in [0.2, 0.25) is 0 Å². The molecule has 0 aromatic heterocycles. The second-order valence-electron chi connectivity index (χ2n) is 6.74. The van der Waals surface area contributed by atoms with Crippen LogP contribution in [0.15, 0.2) is 24.3 Å². The molecule has 1 aliphatic rings. The molecule has 1 aromatic rings. The van der Waals surface area contributed by atoms with Crippen molar-refractivity contribution in [1.29, 1.82) is 0 Å². The Bertz CT molecular complexity index is 427. The third kappa shape index (κ3) is 4.55. The van der Waals surface area contributed by atoms with Crippen LogP contribution >= 0.6 is 0 Å². The fourth-order valence-electron chi connectivity index (χ4n) is 3.71. The summed E-state index contributed by atoms with van der Waals surface area (Å²) in [4.78, 5) is 2.64. The second-order valence-corrected chi connectivity index (χ2v) is 6.74. The molecule has 1 saturated heterocycles. The number of hydrogen-bond acceptors (Lipinski definition) is 2. The maximum atomic E-state index is 3.84. The van der Waals surface area contributed by atoms with Crippen molar-refractivity contribution >= 4 is 0 Å². The molecule has 0 saturated carbocycles. The van der Waals surface area contributed by atoms with Gasteiger partial charge in [-0.25, -0.2) is 0 Å². The van der Waals surface area contributed by atoms with E-state index in [1.165, 1.54) is 50.0 Å². The van der Waals surface area contributed by atoms with E-state index in [2.05, 4.69) is 62.2 Å². The van der Waals surface area contributed by atoms with Crippen molar-refractivity contribution < 1.29 is 0 Å². The minimum absolute atomic E-state index is 0.433. The number of nitrogens with zero attached hydrogens (tertiary/aromatic N) is 1. The van der Waals surface area contributed by atoms with Gasteiger partial charge in [0.15, 0.2) is 0 Å². The van der Waals surface area contributed by atoms with Crippen LogP contribution in [0.2, 0.25) is 0 Å². The number of rotatable bonds is 6. The molecule has 1 heterocycles. The number of nitrogens with one attached hydrogen (secondary N) is 1. The first kappa shape index (κ1) is 16.5. The fourth-order valence-corrected chi connectivity index (χ4v) is 3.71. The number of aryl methyl sites for hydroxylation is 1. The molecule has 0 amide bonds. The first-order chi connectivity index (χ1) is 10.1. The smallest absolute Gasteiger partial charge is 0.0296 e. The van der Waals surface area contributed by atoms with E-state index in [-0.39, 0.29) is 0 Å². The summed E-state index contributed by atoms with van der Waals surface area (Å²) in [6.45, 7) is 13.0. The molecule has 2 heteroatoms. The van der Waals surface area contributed by atoms with Gasteiger partial charge in [-0.05, 0) is 70.2 Å². The Morgan fingerprint density at radius 1 is 1.29 bits per heavy atom. The van der Waals surface area contributed by atoms with Crippen LogP contribution in [0, 0.1) is 12.8 Å². The molecular formula is C19H32N2. The predicted octanol–water partition coefficient (Wildman–Crippen LogP) is 4.16. The molecule has 21 heavy (non-hydrogen) atoms. The van der Waals surface area contributed by atoms with Gasteiger partial charge in [-0.3, -0.25) is 0 Å². The highest BCUT2D eigenvalue weighted by Crippen LogP contribution is 2.23. The number of likely N-dealkylation sites (tertiary alicyclic amines) is 1. The van der Waals surface area contributed by atoms with Crippen LogP contribution in [0.25, 0.3) is 0 Å². The largest absolute Gasteiger partial charge is 0.307 e. The van der Waals surface area contributed by atoms with Crippen LogP contribution < -0.4 is 5.32 Å². The minimum Gasteiger partial charge on any atom is -0.307 e. The lowest BCUT2D eigenvalue weighted by Gasteiger charge is -2.37. The van der Waals surface area contributed by atoms with Gasteiger partial charge in [0, 0.05) is 18.6 Å². The Kier molecular flexibility index (Phi) is 6.25. The highest BCUT2D eigenvalue weighted by Gasteiger charge is 2.25. The quantitative estimate of drug-likeness (QED) is 0.845. The summed E-state index contributed by atoms with van der Waals surface area (Å²) in [6, 6.07) is 9.75. The molecule has 2 nitrogen and oxygen atoms in total. The maximum absolute atomic E-state index is 3.84. The zero-order valence-electron chi connectivity index (χ0n) is 14.2. The molecule has 3 atom stereocenters. The molecule has 3 unspecified atom stereocenters. The predicted molar refractivity (Wildman–Crippen MR) is 91.6 cm³/mol. The molecular weight excluding hydrogens is 256 g/mol. The van der Waals surface area contributed by atoms with Gasteiger partial charge in [0.25, 0.3) is 0 Å². The Morgan fingerprint density at radius 3 is 2.76 bits per heavy atom. The number of benzene rings is 1. The van der Waals surface area contributed by atoms with E-state index in [0.717, 1.165) is 5.92 Å². The topological polar surface area (TPSA) is 15.3 Å². The summed E-state index contributed by atoms with van der Waals surface area (Å²) >= 11 is 0. The maximum Gasteiger partial charge on any atom is 0.0296 e. The van der Waals surface area contributed by atoms with E-state index >= 15 is 0 Å². The molecule has 0 radical (unpaired) electrons. The Labute approximate surface area is 130 Å². The molecule has 0 spiro atoms. The first-order valence-corrected chi connectivity index (χ1v) is 8.65. The SMILES string of the molecule is CCCN1CCCC(C(C)NC(C)c2ccccc2C)C1. The molecule has 118 valence electrons. The zero-order valence-corrected chi connectivity index (χ0v) is 14.2. The highest BCUT2D eigenvalue weighted by molar-refractivity contribution is 5.28. The third-order valence-corrected chi connectivity index (χ3v) is 4.96. The van der Waals surface area contributed by atoms with Crippen molar-refractivity contribution in [3.8, 4) is 0 Å². The molecule has 2 rings (SSSR count). The third-order valence-electron chi connectivity index (χ3n) is 4.96. The molecule has 1 N–H and O–H groups in total. The van der Waals surface area contributed by atoms with Crippen molar-refractivity contribution in [2.24, 2.45) is 5.92 Å². The Hall–Kier alpha value is -0.860. The number of hydrogen-bond donors (Lipinski definition) is 1. The van der Waals surface area contributed by atoms with E-state index in [9.17, 15) is 0 Å². The van der Waals surface area contributed by atoms with Crippen molar-refractivity contribution in [3.63, 3.8) is 0 Å². The molecule has 1 fully saturated rings. The van der Waals surface area contributed by atoms with Crippen LogP contribution in [-0.2, 0) is 0 Å². The molecule has 1 aromatic carbocycles. The summed E-state index contributed by atoms with van der Waals surface area (Å²) in [7, 11) is 0. The van der Waals surface area contributed by atoms with Crippen LogP contribution in [0.4, 0.5) is 0 Å². The minimum atomic E-state index is 0.433.